The van der Waals surface area contributed by atoms with Crippen molar-refractivity contribution in [3.05, 3.63) is 29.8 Å². The fourth-order valence-corrected chi connectivity index (χ4v) is 2.58. The molecule has 0 fully saturated rings. The minimum atomic E-state index is -0.975. The van der Waals surface area contributed by atoms with Gasteiger partial charge < -0.3 is 10.0 Å². The number of aryl methyl sites for hydroxylation is 1. The van der Waals surface area contributed by atoms with Gasteiger partial charge in [0.2, 0.25) is 0 Å². The minimum absolute atomic E-state index is 0.207. The van der Waals surface area contributed by atoms with Crippen molar-refractivity contribution in [2.24, 2.45) is 0 Å². The van der Waals surface area contributed by atoms with Crippen molar-refractivity contribution >= 4 is 17.7 Å². The lowest BCUT2D eigenvalue weighted by atomic mass is 10.0. The number of anilines is 1. The summed E-state index contributed by atoms with van der Waals surface area (Å²) in [5.74, 6) is -0.975. The number of hydrogen-bond donors (Lipinski definition) is 1. The van der Waals surface area contributed by atoms with E-state index in [9.17, 15) is 9.59 Å². The molecule has 1 aliphatic rings. The number of benzene rings is 1. The van der Waals surface area contributed by atoms with E-state index < -0.39 is 5.97 Å². The Morgan fingerprint density at radius 2 is 2.10 bits per heavy atom. The van der Waals surface area contributed by atoms with Crippen LogP contribution in [0.2, 0.25) is 0 Å². The maximum absolute atomic E-state index is 12.6. The Labute approximate surface area is 118 Å². The molecule has 5 heteroatoms. The van der Waals surface area contributed by atoms with Gasteiger partial charge in [0.25, 0.3) is 0 Å². The first-order valence-corrected chi connectivity index (χ1v) is 6.99. The van der Waals surface area contributed by atoms with Gasteiger partial charge in [-0.15, -0.1) is 0 Å². The molecular weight excluding hydrogens is 256 g/mol. The number of amides is 2. The van der Waals surface area contributed by atoms with Gasteiger partial charge in [-0.25, -0.2) is 4.79 Å². The van der Waals surface area contributed by atoms with E-state index in [4.69, 9.17) is 5.11 Å². The zero-order chi connectivity index (χ0) is 14.5. The largest absolute Gasteiger partial charge is 0.480 e. The number of carbonyl (C=O) groups is 2. The van der Waals surface area contributed by atoms with Gasteiger partial charge in [0.05, 0.1) is 0 Å². The number of carboxylic acids is 1. The Morgan fingerprint density at radius 1 is 1.35 bits per heavy atom. The summed E-state index contributed by atoms with van der Waals surface area (Å²) in [5.41, 5.74) is 2.06. The molecule has 1 N–H and O–H groups in total. The zero-order valence-corrected chi connectivity index (χ0v) is 11.7. The Hall–Kier alpha value is -2.04. The lowest BCUT2D eigenvalue weighted by molar-refractivity contribution is -0.137. The van der Waals surface area contributed by atoms with Gasteiger partial charge in [0.1, 0.15) is 6.54 Å². The van der Waals surface area contributed by atoms with Crippen molar-refractivity contribution in [2.45, 2.75) is 26.2 Å². The predicted octanol–water partition coefficient (Wildman–Crippen LogP) is 2.36. The molecule has 0 saturated carbocycles. The molecular formula is C15H20N2O3. The lowest BCUT2D eigenvalue weighted by Gasteiger charge is -2.33. The highest BCUT2D eigenvalue weighted by molar-refractivity contribution is 5.94. The fourth-order valence-electron chi connectivity index (χ4n) is 2.58. The second kappa shape index (κ2) is 6.41. The van der Waals surface area contributed by atoms with Gasteiger partial charge in [-0.2, -0.15) is 0 Å². The summed E-state index contributed by atoms with van der Waals surface area (Å²) in [7, 11) is 0. The molecule has 0 bridgehead atoms. The molecule has 108 valence electrons. The van der Waals surface area contributed by atoms with Crippen LogP contribution in [0, 0.1) is 0 Å². The summed E-state index contributed by atoms with van der Waals surface area (Å²) in [6.45, 7) is 2.80. The van der Waals surface area contributed by atoms with Crippen molar-refractivity contribution in [1.82, 2.24) is 4.90 Å². The SMILES string of the molecule is CCCN(CC(=O)O)C(=O)N1CCCc2ccccc21. The number of carbonyl (C=O) groups excluding carboxylic acids is 1. The number of fused-ring (bicyclic) bond motifs is 1. The van der Waals surface area contributed by atoms with Crippen LogP contribution in [-0.4, -0.2) is 41.6 Å². The second-order valence-corrected chi connectivity index (χ2v) is 4.98. The average molecular weight is 276 g/mol. The normalized spacial score (nSPS) is 13.8. The minimum Gasteiger partial charge on any atom is -0.480 e. The van der Waals surface area contributed by atoms with E-state index in [1.165, 1.54) is 4.90 Å². The number of rotatable bonds is 4. The van der Waals surface area contributed by atoms with Crippen LogP contribution in [0.1, 0.15) is 25.3 Å². The van der Waals surface area contributed by atoms with Crippen LogP contribution in [-0.2, 0) is 11.2 Å². The summed E-state index contributed by atoms with van der Waals surface area (Å²) in [6, 6.07) is 7.62. The summed E-state index contributed by atoms with van der Waals surface area (Å²) in [4.78, 5) is 26.6. The molecule has 1 heterocycles. The Kier molecular flexibility index (Phi) is 4.61. The summed E-state index contributed by atoms with van der Waals surface area (Å²) < 4.78 is 0. The van der Waals surface area contributed by atoms with Gasteiger partial charge >= 0.3 is 12.0 Å². The zero-order valence-electron chi connectivity index (χ0n) is 11.7. The highest BCUT2D eigenvalue weighted by Gasteiger charge is 2.27. The summed E-state index contributed by atoms with van der Waals surface area (Å²) in [6.07, 6.45) is 2.62. The number of nitrogens with zero attached hydrogens (tertiary/aromatic N) is 2. The molecule has 0 unspecified atom stereocenters. The molecule has 0 aromatic heterocycles. The third-order valence-corrected chi connectivity index (χ3v) is 3.43. The van der Waals surface area contributed by atoms with E-state index in [2.05, 4.69) is 0 Å². The van der Waals surface area contributed by atoms with Crippen LogP contribution in [0.5, 0.6) is 0 Å². The number of hydrogen-bond acceptors (Lipinski definition) is 2. The van der Waals surface area contributed by atoms with Crippen molar-refractivity contribution in [2.75, 3.05) is 24.5 Å². The maximum atomic E-state index is 12.6. The highest BCUT2D eigenvalue weighted by atomic mass is 16.4. The summed E-state index contributed by atoms with van der Waals surface area (Å²) >= 11 is 0. The predicted molar refractivity (Wildman–Crippen MR) is 77.0 cm³/mol. The van der Waals surface area contributed by atoms with Crippen LogP contribution >= 0.6 is 0 Å². The number of urea groups is 1. The van der Waals surface area contributed by atoms with Crippen LogP contribution in [0.25, 0.3) is 0 Å². The molecule has 0 spiro atoms. The first-order valence-electron chi connectivity index (χ1n) is 6.99. The van der Waals surface area contributed by atoms with E-state index in [1.54, 1.807) is 4.90 Å². The van der Waals surface area contributed by atoms with Gasteiger partial charge in [-0.3, -0.25) is 9.69 Å². The van der Waals surface area contributed by atoms with Crippen molar-refractivity contribution < 1.29 is 14.7 Å². The second-order valence-electron chi connectivity index (χ2n) is 4.98. The van der Waals surface area contributed by atoms with E-state index in [0.29, 0.717) is 13.1 Å². The van der Waals surface area contributed by atoms with Crippen molar-refractivity contribution in [3.63, 3.8) is 0 Å². The smallest absolute Gasteiger partial charge is 0.325 e. The number of para-hydroxylation sites is 1. The Morgan fingerprint density at radius 3 is 2.80 bits per heavy atom. The van der Waals surface area contributed by atoms with E-state index in [0.717, 1.165) is 30.5 Å². The molecule has 1 aliphatic heterocycles. The standard InChI is InChI=1S/C15H20N2O3/c1-2-9-16(11-14(18)19)15(20)17-10-5-7-12-6-3-4-8-13(12)17/h3-4,6,8H,2,5,7,9-11H2,1H3,(H,18,19). The Bertz CT molecular complexity index is 502. The third kappa shape index (κ3) is 3.10. The van der Waals surface area contributed by atoms with Crippen LogP contribution in [0.15, 0.2) is 24.3 Å². The van der Waals surface area contributed by atoms with E-state index in [1.807, 2.05) is 31.2 Å². The topological polar surface area (TPSA) is 60.9 Å². The van der Waals surface area contributed by atoms with Crippen LogP contribution in [0.3, 0.4) is 0 Å². The molecule has 1 aromatic rings. The van der Waals surface area contributed by atoms with E-state index >= 15 is 0 Å². The molecule has 1 aromatic carbocycles. The van der Waals surface area contributed by atoms with Crippen molar-refractivity contribution in [3.8, 4) is 0 Å². The van der Waals surface area contributed by atoms with E-state index in [-0.39, 0.29) is 12.6 Å². The third-order valence-electron chi connectivity index (χ3n) is 3.43. The first-order chi connectivity index (χ1) is 9.63. The lowest BCUT2D eigenvalue weighted by Crippen LogP contribution is -2.47. The number of aliphatic carboxylic acids is 1. The molecule has 0 atom stereocenters. The van der Waals surface area contributed by atoms with Gasteiger partial charge in [0, 0.05) is 18.8 Å². The first kappa shape index (κ1) is 14.4. The maximum Gasteiger partial charge on any atom is 0.325 e. The quantitative estimate of drug-likeness (QED) is 0.918. The molecule has 0 saturated heterocycles. The monoisotopic (exact) mass is 276 g/mol. The fraction of sp³-hybridized carbons (Fsp3) is 0.467. The average Bonchev–Trinajstić information content (AvgIpc) is 2.45. The molecule has 5 nitrogen and oxygen atoms in total. The molecule has 2 rings (SSSR count). The van der Waals surface area contributed by atoms with Crippen molar-refractivity contribution in [1.29, 1.82) is 0 Å². The molecule has 2 amide bonds. The highest BCUT2D eigenvalue weighted by Crippen LogP contribution is 2.27. The summed E-state index contributed by atoms with van der Waals surface area (Å²) in [5, 5.41) is 8.94. The van der Waals surface area contributed by atoms with Crippen LogP contribution in [0.4, 0.5) is 10.5 Å². The van der Waals surface area contributed by atoms with Crippen LogP contribution < -0.4 is 4.90 Å². The van der Waals surface area contributed by atoms with Gasteiger partial charge in [-0.1, -0.05) is 25.1 Å². The molecule has 0 radical (unpaired) electrons. The Balaban J connectivity index is 2.21. The molecule has 0 aliphatic carbocycles. The van der Waals surface area contributed by atoms with Gasteiger partial charge in [-0.05, 0) is 30.9 Å². The molecule has 20 heavy (non-hydrogen) atoms. The number of carboxylic acid groups (broad SMARTS) is 1. The van der Waals surface area contributed by atoms with Gasteiger partial charge in [0.15, 0.2) is 0 Å².